The zero-order chi connectivity index (χ0) is 33.0. The van der Waals surface area contributed by atoms with Gasteiger partial charge in [0.25, 0.3) is 0 Å². The molecule has 10 rings (SSSR count). The maximum Gasteiger partial charge on any atom is 0.0561 e. The van der Waals surface area contributed by atoms with Crippen LogP contribution in [0.2, 0.25) is 0 Å². The first-order chi connectivity index (χ1) is 24.8. The van der Waals surface area contributed by atoms with E-state index in [4.69, 9.17) is 0 Å². The van der Waals surface area contributed by atoms with Gasteiger partial charge in [0.15, 0.2) is 0 Å². The summed E-state index contributed by atoms with van der Waals surface area (Å²) >= 11 is 0. The number of para-hydroxylation sites is 3. The molecule has 2 nitrogen and oxygen atoms in total. The zero-order valence-electron chi connectivity index (χ0n) is 27.4. The lowest BCUT2D eigenvalue weighted by molar-refractivity contribution is 1.18. The SMILES string of the molecule is c1ccc(-c2ccccc2N(c2ccc3ccc4ccc5ccccc5c4c3c2)c2ccc3c4ccccc4n(-c4ccccc4)c3c2)cc1. The predicted molar refractivity (Wildman–Crippen MR) is 213 cm³/mol. The first kappa shape index (κ1) is 28.4. The quantitative estimate of drug-likeness (QED) is 0.171. The van der Waals surface area contributed by atoms with Crippen molar-refractivity contribution in [1.29, 1.82) is 0 Å². The monoisotopic (exact) mass is 636 g/mol. The van der Waals surface area contributed by atoms with Crippen LogP contribution in [0.15, 0.2) is 194 Å². The summed E-state index contributed by atoms with van der Waals surface area (Å²) in [7, 11) is 0. The maximum atomic E-state index is 2.44. The smallest absolute Gasteiger partial charge is 0.0561 e. The van der Waals surface area contributed by atoms with Crippen molar-refractivity contribution in [3.05, 3.63) is 194 Å². The Bertz CT molecular complexity index is 2860. The van der Waals surface area contributed by atoms with Gasteiger partial charge in [-0.1, -0.05) is 146 Å². The molecular weight excluding hydrogens is 605 g/mol. The Balaban J connectivity index is 1.29. The van der Waals surface area contributed by atoms with E-state index in [1.165, 1.54) is 65.3 Å². The number of nitrogens with zero attached hydrogens (tertiary/aromatic N) is 2. The van der Waals surface area contributed by atoms with Crippen LogP contribution in [0.25, 0.3) is 70.9 Å². The summed E-state index contributed by atoms with van der Waals surface area (Å²) in [5.41, 5.74) is 9.24. The van der Waals surface area contributed by atoms with Gasteiger partial charge in [0, 0.05) is 33.4 Å². The molecule has 0 bridgehead atoms. The van der Waals surface area contributed by atoms with Crippen LogP contribution in [0.1, 0.15) is 0 Å². The average molecular weight is 637 g/mol. The van der Waals surface area contributed by atoms with Crippen LogP contribution in [0.5, 0.6) is 0 Å². The number of aromatic nitrogens is 1. The Morgan fingerprint density at radius 3 is 1.78 bits per heavy atom. The summed E-state index contributed by atoms with van der Waals surface area (Å²) < 4.78 is 2.40. The van der Waals surface area contributed by atoms with E-state index in [1.54, 1.807) is 0 Å². The molecule has 0 aliphatic heterocycles. The Morgan fingerprint density at radius 1 is 0.360 bits per heavy atom. The van der Waals surface area contributed by atoms with Crippen LogP contribution < -0.4 is 4.90 Å². The first-order valence-corrected chi connectivity index (χ1v) is 17.2. The second-order valence-corrected chi connectivity index (χ2v) is 13.0. The lowest BCUT2D eigenvalue weighted by atomic mass is 9.95. The molecule has 0 aliphatic rings. The van der Waals surface area contributed by atoms with Crippen molar-refractivity contribution < 1.29 is 0 Å². The van der Waals surface area contributed by atoms with Crippen molar-refractivity contribution in [2.45, 2.75) is 0 Å². The first-order valence-electron chi connectivity index (χ1n) is 17.2. The number of rotatable bonds is 5. The van der Waals surface area contributed by atoms with Crippen LogP contribution in [0, 0.1) is 0 Å². The largest absolute Gasteiger partial charge is 0.310 e. The van der Waals surface area contributed by atoms with E-state index in [0.717, 1.165) is 22.7 Å². The molecule has 10 aromatic rings. The van der Waals surface area contributed by atoms with Crippen molar-refractivity contribution in [2.24, 2.45) is 0 Å². The molecule has 0 fully saturated rings. The Labute approximate surface area is 290 Å². The Morgan fingerprint density at radius 2 is 0.940 bits per heavy atom. The zero-order valence-corrected chi connectivity index (χ0v) is 27.4. The Kier molecular flexibility index (Phi) is 6.53. The van der Waals surface area contributed by atoms with Crippen LogP contribution in [0.3, 0.4) is 0 Å². The molecule has 2 heteroatoms. The second kappa shape index (κ2) is 11.5. The van der Waals surface area contributed by atoms with Crippen molar-refractivity contribution in [2.75, 3.05) is 4.90 Å². The third kappa shape index (κ3) is 4.50. The van der Waals surface area contributed by atoms with Crippen LogP contribution in [-0.2, 0) is 0 Å². The van der Waals surface area contributed by atoms with Crippen molar-refractivity contribution in [1.82, 2.24) is 4.57 Å². The molecule has 0 saturated carbocycles. The van der Waals surface area contributed by atoms with Crippen LogP contribution in [0.4, 0.5) is 17.1 Å². The van der Waals surface area contributed by atoms with Crippen molar-refractivity contribution >= 4 is 71.2 Å². The summed E-state index contributed by atoms with van der Waals surface area (Å²) in [6.07, 6.45) is 0. The van der Waals surface area contributed by atoms with E-state index in [1.807, 2.05) is 0 Å². The molecule has 0 amide bonds. The standard InChI is InChI=1S/C48H32N2/c1-3-13-33(14-4-1)40-18-9-11-21-45(40)49(38-28-27-35-24-26-36-25-23-34-15-7-8-19-41(34)48(36)44(35)31-38)39-29-30-43-42-20-10-12-22-46(42)50(47(43)32-39)37-16-5-2-6-17-37/h1-32H. The molecule has 0 atom stereocenters. The van der Waals surface area contributed by atoms with E-state index in [-0.39, 0.29) is 0 Å². The molecule has 0 spiro atoms. The average Bonchev–Trinajstić information content (AvgIpc) is 3.52. The van der Waals surface area contributed by atoms with E-state index in [9.17, 15) is 0 Å². The maximum absolute atomic E-state index is 2.44. The molecule has 0 saturated heterocycles. The van der Waals surface area contributed by atoms with Gasteiger partial charge in [0.2, 0.25) is 0 Å². The number of fused-ring (bicyclic) bond motifs is 8. The summed E-state index contributed by atoms with van der Waals surface area (Å²) in [6, 6.07) is 70.6. The Hall–Kier alpha value is -6.64. The fourth-order valence-corrected chi connectivity index (χ4v) is 7.86. The predicted octanol–water partition coefficient (Wildman–Crippen LogP) is 13.4. The summed E-state index contributed by atoms with van der Waals surface area (Å²) in [4.78, 5) is 2.44. The van der Waals surface area contributed by atoms with Crippen molar-refractivity contribution in [3.63, 3.8) is 0 Å². The highest BCUT2D eigenvalue weighted by Gasteiger charge is 2.20. The number of hydrogen-bond donors (Lipinski definition) is 0. The van der Waals surface area contributed by atoms with Gasteiger partial charge in [0.1, 0.15) is 0 Å². The highest BCUT2D eigenvalue weighted by molar-refractivity contribution is 6.21. The molecule has 1 heterocycles. The molecule has 9 aromatic carbocycles. The lowest BCUT2D eigenvalue weighted by Crippen LogP contribution is -2.11. The van der Waals surface area contributed by atoms with Gasteiger partial charge in [0.05, 0.1) is 16.7 Å². The minimum atomic E-state index is 1.10. The van der Waals surface area contributed by atoms with Crippen molar-refractivity contribution in [3.8, 4) is 16.8 Å². The van der Waals surface area contributed by atoms with Gasteiger partial charge < -0.3 is 9.47 Å². The summed E-state index contributed by atoms with van der Waals surface area (Å²) in [6.45, 7) is 0. The third-order valence-corrected chi connectivity index (χ3v) is 10.1. The highest BCUT2D eigenvalue weighted by Crippen LogP contribution is 2.44. The fraction of sp³-hybridized carbons (Fsp3) is 0. The molecule has 0 unspecified atom stereocenters. The molecular formula is C48H32N2. The minimum absolute atomic E-state index is 1.10. The highest BCUT2D eigenvalue weighted by atomic mass is 15.1. The molecule has 1 aromatic heterocycles. The van der Waals surface area contributed by atoms with E-state index in [0.29, 0.717) is 0 Å². The van der Waals surface area contributed by atoms with Gasteiger partial charge >= 0.3 is 0 Å². The molecule has 0 radical (unpaired) electrons. The molecule has 0 aliphatic carbocycles. The van der Waals surface area contributed by atoms with E-state index >= 15 is 0 Å². The van der Waals surface area contributed by atoms with Crippen LogP contribution in [-0.4, -0.2) is 4.57 Å². The molecule has 50 heavy (non-hydrogen) atoms. The topological polar surface area (TPSA) is 8.17 Å². The normalized spacial score (nSPS) is 11.6. The summed E-state index contributed by atoms with van der Waals surface area (Å²) in [5.74, 6) is 0. The number of hydrogen-bond acceptors (Lipinski definition) is 1. The lowest BCUT2D eigenvalue weighted by Gasteiger charge is -2.28. The van der Waals surface area contributed by atoms with Gasteiger partial charge in [-0.25, -0.2) is 0 Å². The number of benzene rings is 9. The van der Waals surface area contributed by atoms with Gasteiger partial charge in [-0.2, -0.15) is 0 Å². The number of anilines is 3. The minimum Gasteiger partial charge on any atom is -0.310 e. The fourth-order valence-electron chi connectivity index (χ4n) is 7.86. The van der Waals surface area contributed by atoms with E-state index < -0.39 is 0 Å². The molecule has 0 N–H and O–H groups in total. The van der Waals surface area contributed by atoms with Crippen LogP contribution >= 0.6 is 0 Å². The van der Waals surface area contributed by atoms with E-state index in [2.05, 4.69) is 204 Å². The van der Waals surface area contributed by atoms with Gasteiger partial charge in [-0.3, -0.25) is 0 Å². The third-order valence-electron chi connectivity index (χ3n) is 10.1. The molecule has 234 valence electrons. The summed E-state index contributed by atoms with van der Waals surface area (Å²) in [5, 5.41) is 10.0. The van der Waals surface area contributed by atoms with Gasteiger partial charge in [-0.15, -0.1) is 0 Å². The second-order valence-electron chi connectivity index (χ2n) is 13.0. The van der Waals surface area contributed by atoms with Gasteiger partial charge in [-0.05, 0) is 86.4 Å².